The first-order valence-corrected chi connectivity index (χ1v) is 10.6. The van der Waals surface area contributed by atoms with Gasteiger partial charge in [0.05, 0.1) is 27.4 Å². The van der Waals surface area contributed by atoms with Gasteiger partial charge < -0.3 is 24.8 Å². The summed E-state index contributed by atoms with van der Waals surface area (Å²) >= 11 is 5.41. The standard InChI is InChI=1S/C23H31N3O3S/c1-5-24-23(30)25-14-20-19-13-22(29-4)21(28-3)12-17(19)10-11-26(20)15-16-6-8-18(27-2)9-7-16/h6-9,12-13,20H,5,10-11,14-15H2,1-4H3,(H2,24,25,30)/t20-/m1/s1. The molecule has 0 spiro atoms. The van der Waals surface area contributed by atoms with Gasteiger partial charge >= 0.3 is 0 Å². The molecule has 0 amide bonds. The van der Waals surface area contributed by atoms with Crippen LogP contribution in [0.3, 0.4) is 0 Å². The molecular formula is C23H31N3O3S. The summed E-state index contributed by atoms with van der Waals surface area (Å²) < 4.78 is 16.4. The first kappa shape index (κ1) is 22.2. The Morgan fingerprint density at radius 1 is 1.03 bits per heavy atom. The molecule has 2 aromatic carbocycles. The summed E-state index contributed by atoms with van der Waals surface area (Å²) in [7, 11) is 5.04. The Balaban J connectivity index is 1.88. The Hall–Kier alpha value is -2.51. The van der Waals surface area contributed by atoms with Crippen molar-refractivity contribution in [2.75, 3.05) is 41.0 Å². The first-order valence-electron chi connectivity index (χ1n) is 10.2. The summed E-state index contributed by atoms with van der Waals surface area (Å²) in [4.78, 5) is 2.48. The summed E-state index contributed by atoms with van der Waals surface area (Å²) in [5.74, 6) is 2.39. The van der Waals surface area contributed by atoms with Crippen molar-refractivity contribution in [3.8, 4) is 17.2 Å². The van der Waals surface area contributed by atoms with Crippen LogP contribution in [0.25, 0.3) is 0 Å². The second kappa shape index (κ2) is 10.5. The predicted molar refractivity (Wildman–Crippen MR) is 124 cm³/mol. The first-order chi connectivity index (χ1) is 14.6. The molecule has 0 bridgehead atoms. The van der Waals surface area contributed by atoms with Gasteiger partial charge in [0.25, 0.3) is 0 Å². The van der Waals surface area contributed by atoms with Crippen LogP contribution in [0.1, 0.15) is 29.7 Å². The number of ether oxygens (including phenoxy) is 3. The average Bonchev–Trinajstić information content (AvgIpc) is 2.78. The van der Waals surface area contributed by atoms with E-state index in [-0.39, 0.29) is 6.04 Å². The van der Waals surface area contributed by atoms with E-state index in [1.54, 1.807) is 21.3 Å². The van der Waals surface area contributed by atoms with Gasteiger partial charge in [-0.15, -0.1) is 0 Å². The monoisotopic (exact) mass is 429 g/mol. The molecule has 0 aliphatic carbocycles. The van der Waals surface area contributed by atoms with Crippen molar-refractivity contribution in [3.63, 3.8) is 0 Å². The van der Waals surface area contributed by atoms with Gasteiger partial charge in [-0.1, -0.05) is 12.1 Å². The molecule has 7 heteroatoms. The van der Waals surface area contributed by atoms with E-state index in [9.17, 15) is 0 Å². The second-order valence-electron chi connectivity index (χ2n) is 7.23. The Bertz CT molecular complexity index is 858. The lowest BCUT2D eigenvalue weighted by atomic mass is 9.91. The Morgan fingerprint density at radius 2 is 1.73 bits per heavy atom. The predicted octanol–water partition coefficient (Wildman–Crippen LogP) is 3.30. The average molecular weight is 430 g/mol. The van der Waals surface area contributed by atoms with Gasteiger partial charge in [0.1, 0.15) is 5.75 Å². The highest BCUT2D eigenvalue weighted by molar-refractivity contribution is 7.80. The minimum Gasteiger partial charge on any atom is -0.497 e. The van der Waals surface area contributed by atoms with Gasteiger partial charge in [-0.3, -0.25) is 4.90 Å². The lowest BCUT2D eigenvalue weighted by Gasteiger charge is -2.38. The zero-order chi connectivity index (χ0) is 21.5. The number of rotatable bonds is 8. The highest BCUT2D eigenvalue weighted by Crippen LogP contribution is 2.38. The smallest absolute Gasteiger partial charge is 0.166 e. The summed E-state index contributed by atoms with van der Waals surface area (Å²) in [6.45, 7) is 5.35. The SMILES string of the molecule is CCNC(=S)NC[C@@H]1c2cc(OC)c(OC)cc2CCN1Cc1ccc(OC)cc1. The number of nitrogens with one attached hydrogen (secondary N) is 2. The lowest BCUT2D eigenvalue weighted by molar-refractivity contribution is 0.176. The van der Waals surface area contributed by atoms with E-state index in [1.165, 1.54) is 16.7 Å². The van der Waals surface area contributed by atoms with Crippen molar-refractivity contribution >= 4 is 17.3 Å². The number of nitrogens with zero attached hydrogens (tertiary/aromatic N) is 1. The van der Waals surface area contributed by atoms with E-state index in [0.717, 1.165) is 43.3 Å². The Kier molecular flexibility index (Phi) is 7.76. The van der Waals surface area contributed by atoms with Crippen LogP contribution in [0, 0.1) is 0 Å². The van der Waals surface area contributed by atoms with Crippen LogP contribution in [0.15, 0.2) is 36.4 Å². The van der Waals surface area contributed by atoms with Gasteiger partial charge in [-0.2, -0.15) is 0 Å². The van der Waals surface area contributed by atoms with Crippen molar-refractivity contribution in [2.45, 2.75) is 25.9 Å². The maximum absolute atomic E-state index is 5.58. The molecule has 1 aliphatic rings. The largest absolute Gasteiger partial charge is 0.497 e. The fourth-order valence-corrected chi connectivity index (χ4v) is 4.11. The Morgan fingerprint density at radius 3 is 2.37 bits per heavy atom. The fourth-order valence-electron chi connectivity index (χ4n) is 3.89. The lowest BCUT2D eigenvalue weighted by Crippen LogP contribution is -2.44. The molecule has 1 aliphatic heterocycles. The third-order valence-corrected chi connectivity index (χ3v) is 5.74. The van der Waals surface area contributed by atoms with Crippen molar-refractivity contribution in [3.05, 3.63) is 53.1 Å². The number of hydrogen-bond acceptors (Lipinski definition) is 5. The zero-order valence-corrected chi connectivity index (χ0v) is 19.0. The van der Waals surface area contributed by atoms with Gasteiger partial charge in [0.2, 0.25) is 0 Å². The molecule has 0 unspecified atom stereocenters. The maximum atomic E-state index is 5.58. The van der Waals surface area contributed by atoms with Gasteiger partial charge in [0.15, 0.2) is 16.6 Å². The van der Waals surface area contributed by atoms with Crippen LogP contribution >= 0.6 is 12.2 Å². The van der Waals surface area contributed by atoms with Gasteiger partial charge in [0, 0.05) is 26.2 Å². The van der Waals surface area contributed by atoms with Gasteiger partial charge in [-0.25, -0.2) is 0 Å². The van der Waals surface area contributed by atoms with Crippen LogP contribution in [0.5, 0.6) is 17.2 Å². The van der Waals surface area contributed by atoms with Crippen LogP contribution in [-0.4, -0.2) is 51.0 Å². The molecule has 162 valence electrons. The number of methoxy groups -OCH3 is 3. The normalized spacial score (nSPS) is 15.8. The van der Waals surface area contributed by atoms with E-state index in [0.29, 0.717) is 11.7 Å². The summed E-state index contributed by atoms with van der Waals surface area (Å²) in [6, 6.07) is 12.6. The minimum absolute atomic E-state index is 0.160. The molecule has 0 saturated carbocycles. The molecule has 2 aromatic rings. The highest BCUT2D eigenvalue weighted by Gasteiger charge is 2.29. The van der Waals surface area contributed by atoms with E-state index in [4.69, 9.17) is 26.4 Å². The number of benzene rings is 2. The number of thiocarbonyl (C=S) groups is 1. The molecule has 0 aromatic heterocycles. The van der Waals surface area contributed by atoms with Gasteiger partial charge in [-0.05, 0) is 66.5 Å². The van der Waals surface area contributed by atoms with E-state index < -0.39 is 0 Å². The quantitative estimate of drug-likeness (QED) is 0.625. The fraction of sp³-hybridized carbons (Fsp3) is 0.435. The molecule has 1 heterocycles. The Labute approximate surface area is 184 Å². The third-order valence-electron chi connectivity index (χ3n) is 5.45. The van der Waals surface area contributed by atoms with Crippen molar-refractivity contribution < 1.29 is 14.2 Å². The van der Waals surface area contributed by atoms with Crippen molar-refractivity contribution in [1.29, 1.82) is 0 Å². The van der Waals surface area contributed by atoms with Crippen LogP contribution in [0.4, 0.5) is 0 Å². The van der Waals surface area contributed by atoms with Crippen molar-refractivity contribution in [1.82, 2.24) is 15.5 Å². The molecule has 0 saturated heterocycles. The van der Waals surface area contributed by atoms with Crippen molar-refractivity contribution in [2.24, 2.45) is 0 Å². The van der Waals surface area contributed by atoms with E-state index in [2.05, 4.69) is 39.8 Å². The molecule has 3 rings (SSSR count). The molecule has 2 N–H and O–H groups in total. The summed E-state index contributed by atoms with van der Waals surface area (Å²) in [5.41, 5.74) is 3.79. The summed E-state index contributed by atoms with van der Waals surface area (Å²) in [6.07, 6.45) is 0.958. The third kappa shape index (κ3) is 5.15. The topological polar surface area (TPSA) is 55.0 Å². The molecule has 30 heavy (non-hydrogen) atoms. The van der Waals surface area contributed by atoms with Crippen LogP contribution in [0.2, 0.25) is 0 Å². The molecule has 6 nitrogen and oxygen atoms in total. The number of hydrogen-bond donors (Lipinski definition) is 2. The molecule has 1 atom stereocenters. The second-order valence-corrected chi connectivity index (χ2v) is 7.64. The summed E-state index contributed by atoms with van der Waals surface area (Å²) in [5, 5.41) is 7.23. The minimum atomic E-state index is 0.160. The molecular weight excluding hydrogens is 398 g/mol. The van der Waals surface area contributed by atoms with Crippen LogP contribution < -0.4 is 24.8 Å². The number of fused-ring (bicyclic) bond motifs is 1. The highest BCUT2D eigenvalue weighted by atomic mass is 32.1. The van der Waals surface area contributed by atoms with E-state index in [1.807, 2.05) is 19.1 Å². The maximum Gasteiger partial charge on any atom is 0.166 e. The van der Waals surface area contributed by atoms with Crippen LogP contribution in [-0.2, 0) is 13.0 Å². The van der Waals surface area contributed by atoms with E-state index >= 15 is 0 Å². The zero-order valence-electron chi connectivity index (χ0n) is 18.2. The molecule has 0 radical (unpaired) electrons. The molecule has 0 fully saturated rings.